The van der Waals surface area contributed by atoms with Gasteiger partial charge in [-0.05, 0) is 36.0 Å². The second kappa shape index (κ2) is 7.63. The highest BCUT2D eigenvalue weighted by atomic mass is 32.2. The summed E-state index contributed by atoms with van der Waals surface area (Å²) in [4.78, 5) is 12.0. The number of carbonyl (C=O) groups excluding carboxylic acids is 1. The van der Waals surface area contributed by atoms with Crippen LogP contribution >= 0.6 is 0 Å². The normalized spacial score (nSPS) is 18.5. The molecule has 1 fully saturated rings. The molecule has 0 saturated carbocycles. The maximum Gasteiger partial charge on any atom is 0.249 e. The number of hydrogen-bond acceptors (Lipinski definition) is 4. The van der Waals surface area contributed by atoms with Crippen LogP contribution in [0.4, 0.5) is 0 Å². The Labute approximate surface area is 144 Å². The molecule has 0 bridgehead atoms. The largest absolute Gasteiger partial charge is 0.368 e. The van der Waals surface area contributed by atoms with Crippen LogP contribution in [0.1, 0.15) is 39.2 Å². The van der Waals surface area contributed by atoms with E-state index in [4.69, 9.17) is 4.74 Å². The first-order valence-corrected chi connectivity index (χ1v) is 9.68. The third-order valence-corrected chi connectivity index (χ3v) is 5.45. The molecule has 2 N–H and O–H groups in total. The zero-order valence-electron chi connectivity index (χ0n) is 14.5. The summed E-state index contributed by atoms with van der Waals surface area (Å²) < 4.78 is 32.3. The first-order valence-electron chi connectivity index (χ1n) is 8.20. The minimum atomic E-state index is -3.57. The van der Waals surface area contributed by atoms with Crippen LogP contribution in [0, 0.1) is 0 Å². The number of ether oxygens (including phenoxy) is 1. The number of amides is 1. The van der Waals surface area contributed by atoms with Crippen LogP contribution in [0.2, 0.25) is 0 Å². The standard InChI is InChI=1S/C17H26N2O4S/c1-17(2,3)13-6-8-14(9-7-13)24(21,22)19-11-10-18-16(20)15-5-4-12-23-15/h6-9,15,19H,4-5,10-12H2,1-3H3,(H,18,20). The molecule has 6 nitrogen and oxygen atoms in total. The predicted octanol–water partition coefficient (Wildman–Crippen LogP) is 1.56. The SMILES string of the molecule is CC(C)(C)c1ccc(S(=O)(=O)NCCNC(=O)C2CCCO2)cc1. The Bertz CT molecular complexity index is 657. The third-order valence-electron chi connectivity index (χ3n) is 3.97. The highest BCUT2D eigenvalue weighted by Gasteiger charge is 2.23. The van der Waals surface area contributed by atoms with Gasteiger partial charge in [0.2, 0.25) is 15.9 Å². The summed E-state index contributed by atoms with van der Waals surface area (Å²) in [6.45, 7) is 7.21. The Kier molecular flexibility index (Phi) is 6.01. The number of sulfonamides is 1. The number of rotatable bonds is 6. The van der Waals surface area contributed by atoms with Crippen molar-refractivity contribution < 1.29 is 17.9 Å². The van der Waals surface area contributed by atoms with Gasteiger partial charge in [-0.3, -0.25) is 4.79 Å². The van der Waals surface area contributed by atoms with Gasteiger partial charge >= 0.3 is 0 Å². The Balaban J connectivity index is 1.83. The van der Waals surface area contributed by atoms with E-state index in [1.807, 2.05) is 12.1 Å². The summed E-state index contributed by atoms with van der Waals surface area (Å²) in [6, 6.07) is 6.86. The quantitative estimate of drug-likeness (QED) is 0.759. The van der Waals surface area contributed by atoms with Gasteiger partial charge in [0.1, 0.15) is 6.10 Å². The maximum absolute atomic E-state index is 12.2. The van der Waals surface area contributed by atoms with Crippen molar-refractivity contribution in [1.29, 1.82) is 0 Å². The number of benzene rings is 1. The molecule has 1 aliphatic heterocycles. The van der Waals surface area contributed by atoms with E-state index >= 15 is 0 Å². The van der Waals surface area contributed by atoms with Gasteiger partial charge < -0.3 is 10.1 Å². The van der Waals surface area contributed by atoms with Crippen molar-refractivity contribution >= 4 is 15.9 Å². The lowest BCUT2D eigenvalue weighted by atomic mass is 9.87. The number of carbonyl (C=O) groups is 1. The van der Waals surface area contributed by atoms with Crippen LogP contribution in [-0.4, -0.2) is 40.1 Å². The van der Waals surface area contributed by atoms with E-state index in [9.17, 15) is 13.2 Å². The molecular formula is C17H26N2O4S. The summed E-state index contributed by atoms with van der Waals surface area (Å²) in [5.41, 5.74) is 1.05. The van der Waals surface area contributed by atoms with Crippen molar-refractivity contribution in [3.63, 3.8) is 0 Å². The molecule has 2 rings (SSSR count). The molecule has 0 aromatic heterocycles. The van der Waals surface area contributed by atoms with E-state index in [0.717, 1.165) is 18.4 Å². The predicted molar refractivity (Wildman–Crippen MR) is 92.3 cm³/mol. The molecule has 0 spiro atoms. The molecule has 1 heterocycles. The molecule has 0 aliphatic carbocycles. The monoisotopic (exact) mass is 354 g/mol. The molecule has 134 valence electrons. The molecule has 24 heavy (non-hydrogen) atoms. The molecule has 1 aromatic rings. The van der Waals surface area contributed by atoms with Gasteiger partial charge in [-0.2, -0.15) is 0 Å². The maximum atomic E-state index is 12.2. The second-order valence-corrected chi connectivity index (χ2v) is 8.73. The lowest BCUT2D eigenvalue weighted by molar-refractivity contribution is -0.129. The van der Waals surface area contributed by atoms with Crippen molar-refractivity contribution in [2.75, 3.05) is 19.7 Å². The van der Waals surface area contributed by atoms with Crippen LogP contribution in [0.15, 0.2) is 29.2 Å². The zero-order chi connectivity index (χ0) is 17.8. The smallest absolute Gasteiger partial charge is 0.249 e. The average Bonchev–Trinajstić information content (AvgIpc) is 3.05. The van der Waals surface area contributed by atoms with E-state index in [1.54, 1.807) is 12.1 Å². The second-order valence-electron chi connectivity index (χ2n) is 6.96. The van der Waals surface area contributed by atoms with Gasteiger partial charge in [-0.1, -0.05) is 32.9 Å². The Morgan fingerprint density at radius 1 is 1.21 bits per heavy atom. The highest BCUT2D eigenvalue weighted by Crippen LogP contribution is 2.23. The lowest BCUT2D eigenvalue weighted by Gasteiger charge is -2.19. The first-order chi connectivity index (χ1) is 11.2. The van der Waals surface area contributed by atoms with Crippen LogP contribution in [-0.2, 0) is 25.0 Å². The fourth-order valence-electron chi connectivity index (χ4n) is 2.49. The summed E-state index contributed by atoms with van der Waals surface area (Å²) in [6.07, 6.45) is 1.21. The molecule has 0 radical (unpaired) electrons. The van der Waals surface area contributed by atoms with Gasteiger partial charge in [0.25, 0.3) is 0 Å². The van der Waals surface area contributed by atoms with E-state index in [2.05, 4.69) is 30.8 Å². The minimum Gasteiger partial charge on any atom is -0.368 e. The van der Waals surface area contributed by atoms with Crippen LogP contribution < -0.4 is 10.0 Å². The molecule has 1 aliphatic rings. The summed E-state index contributed by atoms with van der Waals surface area (Å²) in [5.74, 6) is -0.179. The van der Waals surface area contributed by atoms with E-state index in [-0.39, 0.29) is 29.3 Å². The minimum absolute atomic E-state index is 0.0255. The van der Waals surface area contributed by atoms with Crippen LogP contribution in [0.5, 0.6) is 0 Å². The van der Waals surface area contributed by atoms with E-state index < -0.39 is 16.1 Å². The van der Waals surface area contributed by atoms with Crippen molar-refractivity contribution in [3.8, 4) is 0 Å². The van der Waals surface area contributed by atoms with Crippen molar-refractivity contribution in [2.45, 2.75) is 50.0 Å². The summed E-state index contributed by atoms with van der Waals surface area (Å²) in [7, 11) is -3.57. The van der Waals surface area contributed by atoms with Gasteiger partial charge in [-0.25, -0.2) is 13.1 Å². The number of nitrogens with one attached hydrogen (secondary N) is 2. The molecule has 1 atom stereocenters. The fourth-order valence-corrected chi connectivity index (χ4v) is 3.52. The molecule has 7 heteroatoms. The summed E-state index contributed by atoms with van der Waals surface area (Å²) >= 11 is 0. The highest BCUT2D eigenvalue weighted by molar-refractivity contribution is 7.89. The fraction of sp³-hybridized carbons (Fsp3) is 0.588. The van der Waals surface area contributed by atoms with Gasteiger partial charge in [0.15, 0.2) is 0 Å². The Morgan fingerprint density at radius 3 is 2.42 bits per heavy atom. The molecule has 1 saturated heterocycles. The van der Waals surface area contributed by atoms with Crippen LogP contribution in [0.25, 0.3) is 0 Å². The zero-order valence-corrected chi connectivity index (χ0v) is 15.3. The van der Waals surface area contributed by atoms with Crippen LogP contribution in [0.3, 0.4) is 0 Å². The average molecular weight is 354 g/mol. The number of hydrogen-bond donors (Lipinski definition) is 2. The van der Waals surface area contributed by atoms with Crippen molar-refractivity contribution in [3.05, 3.63) is 29.8 Å². The van der Waals surface area contributed by atoms with Crippen molar-refractivity contribution in [1.82, 2.24) is 10.0 Å². The molecule has 1 unspecified atom stereocenters. The lowest BCUT2D eigenvalue weighted by Crippen LogP contribution is -2.39. The molecule has 1 aromatic carbocycles. The Morgan fingerprint density at radius 2 is 1.88 bits per heavy atom. The Hall–Kier alpha value is -1.44. The van der Waals surface area contributed by atoms with E-state index in [0.29, 0.717) is 6.61 Å². The van der Waals surface area contributed by atoms with Gasteiger partial charge in [-0.15, -0.1) is 0 Å². The molecular weight excluding hydrogens is 328 g/mol. The van der Waals surface area contributed by atoms with Gasteiger partial charge in [0, 0.05) is 19.7 Å². The molecule has 1 amide bonds. The van der Waals surface area contributed by atoms with Gasteiger partial charge in [0.05, 0.1) is 4.90 Å². The van der Waals surface area contributed by atoms with E-state index in [1.165, 1.54) is 0 Å². The topological polar surface area (TPSA) is 84.5 Å². The first kappa shape index (κ1) is 18.9. The van der Waals surface area contributed by atoms with Crippen molar-refractivity contribution in [2.24, 2.45) is 0 Å². The summed E-state index contributed by atoms with van der Waals surface area (Å²) in [5, 5.41) is 2.69. The third kappa shape index (κ3) is 5.03.